The van der Waals surface area contributed by atoms with E-state index < -0.39 is 0 Å². The topological polar surface area (TPSA) is 48.8 Å². The Kier molecular flexibility index (Phi) is 6.27. The van der Waals surface area contributed by atoms with E-state index in [0.29, 0.717) is 5.95 Å². The molecule has 5 heteroatoms. The maximum absolute atomic E-state index is 6.48. The summed E-state index contributed by atoms with van der Waals surface area (Å²) in [6.07, 6.45) is 0. The third kappa shape index (κ3) is 4.35. The van der Waals surface area contributed by atoms with Gasteiger partial charge in [-0.15, -0.1) is 0 Å². The minimum atomic E-state index is 0.626. The Morgan fingerprint density at radius 2 is 1.00 bits per heavy atom. The summed E-state index contributed by atoms with van der Waals surface area (Å²) in [6.45, 7) is 0. The molecule has 4 aromatic heterocycles. The first-order valence-corrected chi connectivity index (χ1v) is 18.6. The van der Waals surface area contributed by atoms with Crippen molar-refractivity contribution in [3.05, 3.63) is 182 Å². The summed E-state index contributed by atoms with van der Waals surface area (Å²) >= 11 is 0. The first-order valence-electron chi connectivity index (χ1n) is 18.6. The van der Waals surface area contributed by atoms with E-state index in [9.17, 15) is 0 Å². The van der Waals surface area contributed by atoms with E-state index in [2.05, 4.69) is 173 Å². The van der Waals surface area contributed by atoms with Crippen LogP contribution in [0.1, 0.15) is 0 Å². The van der Waals surface area contributed by atoms with Gasteiger partial charge in [-0.1, -0.05) is 133 Å². The van der Waals surface area contributed by atoms with Crippen LogP contribution in [0.4, 0.5) is 0 Å². The molecule has 12 rings (SSSR count). The van der Waals surface area contributed by atoms with Gasteiger partial charge in [-0.2, -0.15) is 0 Å². The molecule has 0 amide bonds. The van der Waals surface area contributed by atoms with Crippen LogP contribution in [0.2, 0.25) is 0 Å². The van der Waals surface area contributed by atoms with Crippen molar-refractivity contribution >= 4 is 76.5 Å². The standard InChI is InChI=1S/C50H30N4O/c1-3-13-31(14-4-1)32-23-25-34(26-24-32)53-40-21-11-8-18-36(40)46-42(53)28-27-38-45-41(29-30-44-47(45)37-19-9-12-22-43(37)55-44)54(49(38)46)50-51-39-20-10-7-17-35(39)48(52-50)33-15-5-2-6-16-33/h1-30H. The minimum absolute atomic E-state index is 0.626. The molecular formula is C50H30N4O. The molecule has 0 atom stereocenters. The van der Waals surface area contributed by atoms with E-state index in [-0.39, 0.29) is 0 Å². The Hall–Kier alpha value is -7.50. The number of hydrogen-bond acceptors (Lipinski definition) is 3. The van der Waals surface area contributed by atoms with Gasteiger partial charge in [0.25, 0.3) is 0 Å². The van der Waals surface area contributed by atoms with E-state index in [1.54, 1.807) is 0 Å². The normalized spacial score (nSPS) is 12.0. The van der Waals surface area contributed by atoms with Crippen molar-refractivity contribution in [1.29, 1.82) is 0 Å². The second-order valence-electron chi connectivity index (χ2n) is 14.1. The van der Waals surface area contributed by atoms with Gasteiger partial charge < -0.3 is 8.98 Å². The fraction of sp³-hybridized carbons (Fsp3) is 0. The molecule has 0 saturated carbocycles. The molecule has 5 nitrogen and oxygen atoms in total. The lowest BCUT2D eigenvalue weighted by molar-refractivity contribution is 0.669. The minimum Gasteiger partial charge on any atom is -0.456 e. The fourth-order valence-electron chi connectivity index (χ4n) is 8.76. The largest absolute Gasteiger partial charge is 0.456 e. The average Bonchev–Trinajstić information content (AvgIpc) is 3.91. The Labute approximate surface area is 315 Å². The molecule has 0 fully saturated rings. The van der Waals surface area contributed by atoms with Crippen molar-refractivity contribution in [1.82, 2.24) is 19.1 Å². The molecular weight excluding hydrogens is 673 g/mol. The molecule has 55 heavy (non-hydrogen) atoms. The predicted molar refractivity (Wildman–Crippen MR) is 226 cm³/mol. The Balaban J connectivity index is 1.24. The van der Waals surface area contributed by atoms with Crippen LogP contribution in [-0.2, 0) is 0 Å². The molecule has 0 spiro atoms. The van der Waals surface area contributed by atoms with Crippen LogP contribution >= 0.6 is 0 Å². The second-order valence-corrected chi connectivity index (χ2v) is 14.1. The molecule has 12 aromatic rings. The number of hydrogen-bond donors (Lipinski definition) is 0. The number of nitrogens with zero attached hydrogens (tertiary/aromatic N) is 4. The first-order chi connectivity index (χ1) is 27.3. The van der Waals surface area contributed by atoms with Gasteiger partial charge in [0.15, 0.2) is 0 Å². The van der Waals surface area contributed by atoms with E-state index in [1.807, 2.05) is 18.2 Å². The van der Waals surface area contributed by atoms with Crippen molar-refractivity contribution in [2.24, 2.45) is 0 Å². The summed E-state index contributed by atoms with van der Waals surface area (Å²) in [5.74, 6) is 0.626. The predicted octanol–water partition coefficient (Wildman–Crippen LogP) is 13.1. The third-order valence-corrected chi connectivity index (χ3v) is 11.1. The highest BCUT2D eigenvalue weighted by Gasteiger charge is 2.25. The van der Waals surface area contributed by atoms with Crippen LogP contribution in [0.15, 0.2) is 186 Å². The fourth-order valence-corrected chi connectivity index (χ4v) is 8.76. The van der Waals surface area contributed by atoms with Crippen LogP contribution in [0.3, 0.4) is 0 Å². The Morgan fingerprint density at radius 3 is 1.82 bits per heavy atom. The molecule has 256 valence electrons. The van der Waals surface area contributed by atoms with Crippen LogP contribution in [0, 0.1) is 0 Å². The molecule has 0 N–H and O–H groups in total. The van der Waals surface area contributed by atoms with Crippen molar-refractivity contribution in [3.8, 4) is 34.0 Å². The number of rotatable bonds is 4. The number of para-hydroxylation sites is 3. The summed E-state index contributed by atoms with van der Waals surface area (Å²) in [7, 11) is 0. The summed E-state index contributed by atoms with van der Waals surface area (Å²) in [5.41, 5.74) is 12.4. The van der Waals surface area contributed by atoms with Gasteiger partial charge in [0, 0.05) is 49.0 Å². The van der Waals surface area contributed by atoms with Crippen molar-refractivity contribution in [2.45, 2.75) is 0 Å². The van der Waals surface area contributed by atoms with Crippen molar-refractivity contribution in [2.75, 3.05) is 0 Å². The SMILES string of the molecule is c1ccc(-c2ccc(-n3c4ccccc4c4c3ccc3c5c6c(ccc5n(-c5nc(-c7ccccc7)c7ccccc7n5)c34)oc3ccccc36)cc2)cc1. The number of aromatic nitrogens is 4. The molecule has 0 radical (unpaired) electrons. The summed E-state index contributed by atoms with van der Waals surface area (Å²) < 4.78 is 11.2. The zero-order chi connectivity index (χ0) is 36.0. The third-order valence-electron chi connectivity index (χ3n) is 11.1. The molecule has 8 aromatic carbocycles. The first kappa shape index (κ1) is 30.0. The van der Waals surface area contributed by atoms with Gasteiger partial charge in [-0.3, -0.25) is 4.57 Å². The van der Waals surface area contributed by atoms with Crippen LogP contribution in [0.25, 0.3) is 110 Å². The molecule has 0 bridgehead atoms. The highest BCUT2D eigenvalue weighted by molar-refractivity contribution is 6.32. The van der Waals surface area contributed by atoms with E-state index in [4.69, 9.17) is 14.4 Å². The zero-order valence-corrected chi connectivity index (χ0v) is 29.5. The number of benzene rings is 8. The number of furan rings is 1. The van der Waals surface area contributed by atoms with Crippen LogP contribution in [-0.4, -0.2) is 19.1 Å². The molecule has 0 aliphatic rings. The van der Waals surface area contributed by atoms with E-state index in [1.165, 1.54) is 11.1 Å². The molecule has 0 aliphatic carbocycles. The number of fused-ring (bicyclic) bond motifs is 12. The van der Waals surface area contributed by atoms with Gasteiger partial charge in [0.1, 0.15) is 11.2 Å². The smallest absolute Gasteiger partial charge is 0.235 e. The lowest BCUT2D eigenvalue weighted by Gasteiger charge is -2.12. The summed E-state index contributed by atoms with van der Waals surface area (Å²) in [5, 5.41) is 7.77. The molecule has 4 heterocycles. The molecule has 0 aliphatic heterocycles. The van der Waals surface area contributed by atoms with Gasteiger partial charge >= 0.3 is 0 Å². The van der Waals surface area contributed by atoms with Crippen LogP contribution < -0.4 is 0 Å². The maximum atomic E-state index is 6.48. The molecule has 0 saturated heterocycles. The Morgan fingerprint density at radius 1 is 0.364 bits per heavy atom. The van der Waals surface area contributed by atoms with Gasteiger partial charge in [0.2, 0.25) is 5.95 Å². The monoisotopic (exact) mass is 702 g/mol. The second kappa shape index (κ2) is 11.5. The zero-order valence-electron chi connectivity index (χ0n) is 29.5. The highest BCUT2D eigenvalue weighted by Crippen LogP contribution is 2.46. The average molecular weight is 703 g/mol. The van der Waals surface area contributed by atoms with Crippen molar-refractivity contribution < 1.29 is 4.42 Å². The molecule has 0 unspecified atom stereocenters. The summed E-state index contributed by atoms with van der Waals surface area (Å²) in [4.78, 5) is 10.8. The van der Waals surface area contributed by atoms with E-state index >= 15 is 0 Å². The van der Waals surface area contributed by atoms with Gasteiger partial charge in [-0.05, 0) is 59.7 Å². The van der Waals surface area contributed by atoms with Gasteiger partial charge in [0.05, 0.1) is 33.3 Å². The maximum Gasteiger partial charge on any atom is 0.235 e. The quantitative estimate of drug-likeness (QED) is 0.183. The Bertz CT molecular complexity index is 3470. The van der Waals surface area contributed by atoms with Gasteiger partial charge in [-0.25, -0.2) is 9.97 Å². The van der Waals surface area contributed by atoms with Crippen molar-refractivity contribution in [3.63, 3.8) is 0 Å². The van der Waals surface area contributed by atoms with Crippen LogP contribution in [0.5, 0.6) is 0 Å². The lowest BCUT2D eigenvalue weighted by atomic mass is 10.0. The van der Waals surface area contributed by atoms with E-state index in [0.717, 1.165) is 93.4 Å². The lowest BCUT2D eigenvalue weighted by Crippen LogP contribution is -2.03. The summed E-state index contributed by atoms with van der Waals surface area (Å²) in [6, 6.07) is 64.1. The highest BCUT2D eigenvalue weighted by atomic mass is 16.3.